The van der Waals surface area contributed by atoms with Crippen LogP contribution < -0.4 is 0 Å². The lowest BCUT2D eigenvalue weighted by Crippen LogP contribution is -2.07. The maximum Gasteiger partial charge on any atom is 0.207 e. The maximum atomic E-state index is 13.9. The number of hydrogen-bond acceptors (Lipinski definition) is 4. The van der Waals surface area contributed by atoms with Gasteiger partial charge < -0.3 is 10.2 Å². The van der Waals surface area contributed by atoms with Gasteiger partial charge in [-0.15, -0.1) is 0 Å². The Morgan fingerprint density at radius 1 is 0.548 bits per heavy atom. The lowest BCUT2D eigenvalue weighted by molar-refractivity contribution is 0.471. The molecule has 0 aliphatic carbocycles. The lowest BCUT2D eigenvalue weighted by Gasteiger charge is -2.17. The van der Waals surface area contributed by atoms with Gasteiger partial charge in [-0.2, -0.15) is 0 Å². The molecule has 0 amide bonds. The van der Waals surface area contributed by atoms with Crippen molar-refractivity contribution in [3.8, 4) is 33.8 Å². The molecule has 156 valence electrons. The van der Waals surface area contributed by atoms with Crippen LogP contribution in [0.25, 0.3) is 22.3 Å². The largest absolute Gasteiger partial charge is 0.507 e. The van der Waals surface area contributed by atoms with E-state index in [1.165, 1.54) is 24.3 Å². The van der Waals surface area contributed by atoms with Gasteiger partial charge in [-0.05, 0) is 67.3 Å². The Balaban J connectivity index is 2.05. The summed E-state index contributed by atoms with van der Waals surface area (Å²) in [6.45, 7) is 0. The molecule has 0 aliphatic heterocycles. The third-order valence-corrected chi connectivity index (χ3v) is 8.31. The Hall–Kier alpha value is -2.61. The van der Waals surface area contributed by atoms with Crippen LogP contribution in [0.3, 0.4) is 0 Å². The van der Waals surface area contributed by atoms with Crippen molar-refractivity contribution in [3.63, 3.8) is 0 Å². The van der Waals surface area contributed by atoms with Crippen LogP contribution >= 0.6 is 31.9 Å². The minimum atomic E-state index is -4.06. The van der Waals surface area contributed by atoms with E-state index in [2.05, 4.69) is 31.9 Å². The molecular weight excluding hydrogens is 544 g/mol. The van der Waals surface area contributed by atoms with Gasteiger partial charge in [0.25, 0.3) is 0 Å². The summed E-state index contributed by atoms with van der Waals surface area (Å²) < 4.78 is 28.5. The molecule has 0 aromatic heterocycles. The van der Waals surface area contributed by atoms with Gasteiger partial charge in [0.2, 0.25) is 9.84 Å². The Morgan fingerprint density at radius 3 is 1.26 bits per heavy atom. The van der Waals surface area contributed by atoms with Crippen LogP contribution in [0.2, 0.25) is 0 Å². The van der Waals surface area contributed by atoms with Gasteiger partial charge in [0.15, 0.2) is 0 Å². The van der Waals surface area contributed by atoms with E-state index < -0.39 is 9.84 Å². The summed E-state index contributed by atoms with van der Waals surface area (Å²) in [7, 11) is -4.06. The van der Waals surface area contributed by atoms with E-state index in [0.717, 1.165) is 0 Å². The van der Waals surface area contributed by atoms with Crippen LogP contribution in [0.5, 0.6) is 11.5 Å². The van der Waals surface area contributed by atoms with Crippen molar-refractivity contribution < 1.29 is 18.6 Å². The topological polar surface area (TPSA) is 74.6 Å². The van der Waals surface area contributed by atoms with E-state index in [4.69, 9.17) is 0 Å². The molecular formula is C24H16Br2O4S. The molecule has 0 heterocycles. The molecule has 4 aromatic rings. The predicted molar refractivity (Wildman–Crippen MR) is 128 cm³/mol. The van der Waals surface area contributed by atoms with Crippen molar-refractivity contribution in [2.75, 3.05) is 0 Å². The molecule has 0 aliphatic rings. The first-order chi connectivity index (χ1) is 14.8. The highest BCUT2D eigenvalue weighted by Gasteiger charge is 2.29. The maximum absolute atomic E-state index is 13.9. The Kier molecular flexibility index (Phi) is 5.92. The molecule has 4 aromatic carbocycles. The molecule has 0 saturated carbocycles. The summed E-state index contributed by atoms with van der Waals surface area (Å²) in [5.74, 6) is -0.124. The second kappa shape index (κ2) is 8.49. The Bertz CT molecular complexity index is 1270. The van der Waals surface area contributed by atoms with Crippen LogP contribution in [-0.4, -0.2) is 18.6 Å². The quantitative estimate of drug-likeness (QED) is 0.289. The summed E-state index contributed by atoms with van der Waals surface area (Å²) in [5.41, 5.74) is 2.01. The molecule has 2 N–H and O–H groups in total. The van der Waals surface area contributed by atoms with E-state index in [1.807, 2.05) is 12.1 Å². The van der Waals surface area contributed by atoms with E-state index in [-0.39, 0.29) is 21.3 Å². The standard InChI is InChI=1S/C24H16Br2O4S/c25-23-17(27)11-13-19(21(23)15-7-3-1-4-8-15)31(29,30)20-14-12-18(28)24(26)22(20)16-9-5-2-6-10-16/h1-14,27-28H. The van der Waals surface area contributed by atoms with Crippen LogP contribution in [-0.2, 0) is 9.84 Å². The highest BCUT2D eigenvalue weighted by Crippen LogP contribution is 2.45. The minimum Gasteiger partial charge on any atom is -0.507 e. The fourth-order valence-corrected chi connectivity index (χ4v) is 6.53. The second-order valence-corrected chi connectivity index (χ2v) is 10.3. The average molecular weight is 560 g/mol. The second-order valence-electron chi connectivity index (χ2n) is 6.78. The van der Waals surface area contributed by atoms with E-state index >= 15 is 0 Å². The third kappa shape index (κ3) is 3.89. The van der Waals surface area contributed by atoms with Gasteiger partial charge in [-0.3, -0.25) is 0 Å². The zero-order valence-electron chi connectivity index (χ0n) is 16.0. The van der Waals surface area contributed by atoms with Gasteiger partial charge in [-0.25, -0.2) is 8.42 Å². The minimum absolute atomic E-state index is 0.0399. The number of rotatable bonds is 4. The van der Waals surface area contributed by atoms with E-state index in [0.29, 0.717) is 31.2 Å². The molecule has 4 nitrogen and oxygen atoms in total. The van der Waals surface area contributed by atoms with Gasteiger partial charge in [0.05, 0.1) is 18.7 Å². The summed E-state index contributed by atoms with van der Waals surface area (Å²) >= 11 is 6.72. The van der Waals surface area contributed by atoms with Crippen molar-refractivity contribution in [2.45, 2.75) is 9.79 Å². The number of phenols is 2. The fraction of sp³-hybridized carbons (Fsp3) is 0. The molecule has 31 heavy (non-hydrogen) atoms. The van der Waals surface area contributed by atoms with Crippen LogP contribution in [0.4, 0.5) is 0 Å². The van der Waals surface area contributed by atoms with Gasteiger partial charge >= 0.3 is 0 Å². The van der Waals surface area contributed by atoms with Crippen molar-refractivity contribution in [3.05, 3.63) is 93.9 Å². The normalized spacial score (nSPS) is 11.4. The van der Waals surface area contributed by atoms with Crippen molar-refractivity contribution in [2.24, 2.45) is 0 Å². The average Bonchev–Trinajstić information content (AvgIpc) is 2.78. The molecule has 0 spiro atoms. The van der Waals surface area contributed by atoms with Gasteiger partial charge in [-0.1, -0.05) is 60.7 Å². The van der Waals surface area contributed by atoms with Crippen molar-refractivity contribution in [1.29, 1.82) is 0 Å². The molecule has 0 unspecified atom stereocenters. The Morgan fingerprint density at radius 2 is 0.903 bits per heavy atom. The number of phenolic OH excluding ortho intramolecular Hbond substituents is 2. The molecule has 7 heteroatoms. The van der Waals surface area contributed by atoms with Gasteiger partial charge in [0.1, 0.15) is 11.5 Å². The molecule has 0 saturated heterocycles. The van der Waals surface area contributed by atoms with Crippen LogP contribution in [0, 0.1) is 0 Å². The van der Waals surface area contributed by atoms with Crippen LogP contribution in [0.1, 0.15) is 0 Å². The molecule has 0 fully saturated rings. The summed E-state index contributed by atoms with van der Waals surface area (Å²) in [4.78, 5) is 0.0799. The highest BCUT2D eigenvalue weighted by atomic mass is 79.9. The Labute approximate surface area is 197 Å². The molecule has 4 rings (SSSR count). The number of halogens is 2. The number of hydrogen-bond donors (Lipinski definition) is 2. The third-order valence-electron chi connectivity index (χ3n) is 4.87. The zero-order valence-corrected chi connectivity index (χ0v) is 19.9. The summed E-state index contributed by atoms with van der Waals surface area (Å²) in [5, 5.41) is 20.5. The summed E-state index contributed by atoms with van der Waals surface area (Å²) in [6, 6.07) is 23.5. The smallest absolute Gasteiger partial charge is 0.207 e. The van der Waals surface area contributed by atoms with Crippen molar-refractivity contribution in [1.82, 2.24) is 0 Å². The van der Waals surface area contributed by atoms with Crippen LogP contribution in [0.15, 0.2) is 104 Å². The summed E-state index contributed by atoms with van der Waals surface area (Å²) in [6.07, 6.45) is 0. The lowest BCUT2D eigenvalue weighted by atomic mass is 10.1. The van der Waals surface area contributed by atoms with Gasteiger partial charge in [0, 0.05) is 11.1 Å². The highest BCUT2D eigenvalue weighted by molar-refractivity contribution is 9.11. The van der Waals surface area contributed by atoms with Crippen molar-refractivity contribution >= 4 is 41.7 Å². The van der Waals surface area contributed by atoms with E-state index in [9.17, 15) is 18.6 Å². The molecule has 0 bridgehead atoms. The first-order valence-electron chi connectivity index (χ1n) is 9.21. The van der Waals surface area contributed by atoms with E-state index in [1.54, 1.807) is 48.5 Å². The predicted octanol–water partition coefficient (Wildman–Crippen LogP) is 6.79. The molecule has 0 atom stereocenters. The first-order valence-corrected chi connectivity index (χ1v) is 12.3. The zero-order chi connectivity index (χ0) is 22.2. The SMILES string of the molecule is O=S(=O)(c1ccc(O)c(Br)c1-c1ccccc1)c1ccc(O)c(Br)c1-c1ccccc1. The monoisotopic (exact) mass is 558 g/mol. The fourth-order valence-electron chi connectivity index (χ4n) is 3.41. The molecule has 0 radical (unpaired) electrons. The first kappa shape index (κ1) is 21.6. The number of benzene rings is 4. The number of sulfone groups is 1. The number of aromatic hydroxyl groups is 2.